The molecule has 1 aliphatic rings. The van der Waals surface area contributed by atoms with Crippen molar-refractivity contribution in [3.05, 3.63) is 65.7 Å². The predicted molar refractivity (Wildman–Crippen MR) is 105 cm³/mol. The van der Waals surface area contributed by atoms with E-state index in [1.807, 2.05) is 19.1 Å². The molecular weight excluding hydrogens is 357 g/mol. The van der Waals surface area contributed by atoms with Crippen LogP contribution in [0.1, 0.15) is 36.9 Å². The van der Waals surface area contributed by atoms with Gasteiger partial charge in [0.1, 0.15) is 5.82 Å². The molecule has 0 spiro atoms. The molecule has 1 saturated heterocycles. The van der Waals surface area contributed by atoms with Crippen LogP contribution >= 0.6 is 0 Å². The summed E-state index contributed by atoms with van der Waals surface area (Å²) in [6.07, 6.45) is 4.94. The number of likely N-dealkylation sites (N-methyl/N-ethyl adjacent to an activating group) is 1. The highest BCUT2D eigenvalue weighted by Gasteiger charge is 2.41. The molecule has 1 fully saturated rings. The Kier molecular flexibility index (Phi) is 6.39. The van der Waals surface area contributed by atoms with Gasteiger partial charge >= 0.3 is 0 Å². The predicted octanol–water partition coefficient (Wildman–Crippen LogP) is 3.22. The fraction of sp³-hybridized carbons (Fsp3) is 0.409. The van der Waals surface area contributed by atoms with Crippen LogP contribution in [0.5, 0.6) is 0 Å². The summed E-state index contributed by atoms with van der Waals surface area (Å²) in [7, 11) is 1.77. The lowest BCUT2D eigenvalue weighted by Gasteiger charge is -2.41. The molecule has 148 valence electrons. The number of pyridine rings is 1. The molecule has 5 nitrogen and oxygen atoms in total. The first-order valence-corrected chi connectivity index (χ1v) is 9.70. The number of piperidine rings is 1. The summed E-state index contributed by atoms with van der Waals surface area (Å²) in [6.45, 7) is 2.87. The molecular formula is C22H26FN3O2. The summed E-state index contributed by atoms with van der Waals surface area (Å²) in [5.41, 5.74) is 1.52. The van der Waals surface area contributed by atoms with Crippen LogP contribution in [-0.2, 0) is 16.0 Å². The Morgan fingerprint density at radius 2 is 1.96 bits per heavy atom. The molecule has 0 saturated carbocycles. The maximum atomic E-state index is 14.5. The fourth-order valence-corrected chi connectivity index (χ4v) is 3.92. The van der Waals surface area contributed by atoms with Crippen LogP contribution in [0.3, 0.4) is 0 Å². The molecule has 28 heavy (non-hydrogen) atoms. The third-order valence-electron chi connectivity index (χ3n) is 5.45. The Labute approximate surface area is 165 Å². The van der Waals surface area contributed by atoms with Crippen LogP contribution in [0, 0.1) is 11.7 Å². The summed E-state index contributed by atoms with van der Waals surface area (Å²) in [6, 6.07) is 9.73. The van der Waals surface area contributed by atoms with E-state index in [-0.39, 0.29) is 17.6 Å². The van der Waals surface area contributed by atoms with Gasteiger partial charge in [-0.25, -0.2) is 4.39 Å². The normalized spacial score (nSPS) is 19.5. The van der Waals surface area contributed by atoms with E-state index in [0.717, 1.165) is 12.0 Å². The minimum Gasteiger partial charge on any atom is -0.345 e. The fourth-order valence-electron chi connectivity index (χ4n) is 3.92. The van der Waals surface area contributed by atoms with Gasteiger partial charge in [-0.1, -0.05) is 18.2 Å². The van der Waals surface area contributed by atoms with Gasteiger partial charge in [-0.05, 0) is 43.5 Å². The summed E-state index contributed by atoms with van der Waals surface area (Å²) in [4.78, 5) is 33.0. The lowest BCUT2D eigenvalue weighted by Crippen LogP contribution is -2.48. The van der Waals surface area contributed by atoms with Crippen molar-refractivity contribution in [2.24, 2.45) is 5.92 Å². The van der Waals surface area contributed by atoms with Crippen molar-refractivity contribution in [3.8, 4) is 0 Å². The van der Waals surface area contributed by atoms with E-state index in [4.69, 9.17) is 0 Å². The van der Waals surface area contributed by atoms with Crippen molar-refractivity contribution in [1.82, 2.24) is 14.8 Å². The smallest absolute Gasteiger partial charge is 0.227 e. The standard InChI is InChI=1S/C22H26FN3O2/c1-3-26-20(27)9-8-18(21(26)17-6-4-5-7-19(17)23)22(28)25(2)15-12-16-10-13-24-14-11-16/h4-7,10-11,13-14,18,21H,3,8-9,12,15H2,1-2H3/t18-,21+/m1/s1. The number of nitrogens with zero attached hydrogens (tertiary/aromatic N) is 3. The number of hydrogen-bond donors (Lipinski definition) is 0. The number of likely N-dealkylation sites (tertiary alicyclic amines) is 1. The van der Waals surface area contributed by atoms with Crippen molar-refractivity contribution in [3.63, 3.8) is 0 Å². The van der Waals surface area contributed by atoms with E-state index < -0.39 is 12.0 Å². The zero-order valence-corrected chi connectivity index (χ0v) is 16.3. The number of carbonyl (C=O) groups is 2. The van der Waals surface area contributed by atoms with Crippen LogP contribution in [0.4, 0.5) is 4.39 Å². The first kappa shape index (κ1) is 20.0. The van der Waals surface area contributed by atoms with Gasteiger partial charge in [-0.15, -0.1) is 0 Å². The molecule has 6 heteroatoms. The minimum absolute atomic E-state index is 0.0285. The van der Waals surface area contributed by atoms with Gasteiger partial charge in [0.05, 0.1) is 12.0 Å². The molecule has 0 bridgehead atoms. The minimum atomic E-state index is -0.566. The van der Waals surface area contributed by atoms with Gasteiger partial charge in [-0.2, -0.15) is 0 Å². The first-order chi connectivity index (χ1) is 13.5. The zero-order valence-electron chi connectivity index (χ0n) is 16.3. The molecule has 0 radical (unpaired) electrons. The quantitative estimate of drug-likeness (QED) is 0.770. The Hall–Kier alpha value is -2.76. The molecule has 2 aromatic rings. The molecule has 0 aliphatic carbocycles. The summed E-state index contributed by atoms with van der Waals surface area (Å²) >= 11 is 0. The number of benzene rings is 1. The highest BCUT2D eigenvalue weighted by molar-refractivity contribution is 5.85. The van der Waals surface area contributed by atoms with E-state index in [0.29, 0.717) is 31.5 Å². The Bertz CT molecular complexity index is 828. The molecule has 2 atom stereocenters. The molecule has 1 aromatic carbocycles. The molecule has 0 unspecified atom stereocenters. The van der Waals surface area contributed by atoms with Gasteiger partial charge in [0, 0.05) is 44.5 Å². The van der Waals surface area contributed by atoms with E-state index in [1.165, 1.54) is 6.07 Å². The van der Waals surface area contributed by atoms with Gasteiger partial charge < -0.3 is 9.80 Å². The summed E-state index contributed by atoms with van der Waals surface area (Å²) in [5, 5.41) is 0. The third-order valence-corrected chi connectivity index (χ3v) is 5.45. The highest BCUT2D eigenvalue weighted by atomic mass is 19.1. The summed E-state index contributed by atoms with van der Waals surface area (Å²) in [5.74, 6) is -0.901. The third kappa shape index (κ3) is 4.21. The summed E-state index contributed by atoms with van der Waals surface area (Å²) < 4.78 is 14.5. The van der Waals surface area contributed by atoms with Gasteiger partial charge in [0.2, 0.25) is 11.8 Å². The maximum Gasteiger partial charge on any atom is 0.227 e. The van der Waals surface area contributed by atoms with Crippen molar-refractivity contribution >= 4 is 11.8 Å². The van der Waals surface area contributed by atoms with Crippen molar-refractivity contribution in [2.45, 2.75) is 32.2 Å². The van der Waals surface area contributed by atoms with E-state index in [1.54, 1.807) is 47.4 Å². The number of amides is 2. The number of hydrogen-bond acceptors (Lipinski definition) is 3. The van der Waals surface area contributed by atoms with Crippen molar-refractivity contribution in [1.29, 1.82) is 0 Å². The number of aromatic nitrogens is 1. The van der Waals surface area contributed by atoms with Gasteiger partial charge in [-0.3, -0.25) is 14.6 Å². The molecule has 0 N–H and O–H groups in total. The second kappa shape index (κ2) is 8.95. The van der Waals surface area contributed by atoms with Crippen LogP contribution in [0.15, 0.2) is 48.8 Å². The average Bonchev–Trinajstić information content (AvgIpc) is 2.72. The van der Waals surface area contributed by atoms with Crippen LogP contribution in [-0.4, -0.2) is 46.7 Å². The monoisotopic (exact) mass is 383 g/mol. The van der Waals surface area contributed by atoms with Crippen LogP contribution in [0.25, 0.3) is 0 Å². The Morgan fingerprint density at radius 1 is 1.25 bits per heavy atom. The number of halogens is 1. The molecule has 1 aromatic heterocycles. The lowest BCUT2D eigenvalue weighted by molar-refractivity contribution is -0.147. The van der Waals surface area contributed by atoms with Crippen molar-refractivity contribution < 1.29 is 14.0 Å². The van der Waals surface area contributed by atoms with E-state index >= 15 is 0 Å². The average molecular weight is 383 g/mol. The van der Waals surface area contributed by atoms with Crippen molar-refractivity contribution in [2.75, 3.05) is 20.1 Å². The maximum absolute atomic E-state index is 14.5. The zero-order chi connectivity index (χ0) is 20.1. The van der Waals surface area contributed by atoms with E-state index in [2.05, 4.69) is 4.98 Å². The highest BCUT2D eigenvalue weighted by Crippen LogP contribution is 2.38. The van der Waals surface area contributed by atoms with Crippen LogP contribution in [0.2, 0.25) is 0 Å². The topological polar surface area (TPSA) is 53.5 Å². The lowest BCUT2D eigenvalue weighted by atomic mass is 9.83. The first-order valence-electron chi connectivity index (χ1n) is 9.70. The second-order valence-corrected chi connectivity index (χ2v) is 7.16. The molecule has 1 aliphatic heterocycles. The molecule has 3 rings (SSSR count). The second-order valence-electron chi connectivity index (χ2n) is 7.16. The van der Waals surface area contributed by atoms with E-state index in [9.17, 15) is 14.0 Å². The van der Waals surface area contributed by atoms with Crippen LogP contribution < -0.4 is 0 Å². The Morgan fingerprint density at radius 3 is 2.64 bits per heavy atom. The SMILES string of the molecule is CCN1C(=O)CC[C@@H](C(=O)N(C)CCc2ccncc2)[C@@H]1c1ccccc1F. The Balaban J connectivity index is 1.81. The largest absolute Gasteiger partial charge is 0.345 e. The van der Waals surface area contributed by atoms with Gasteiger partial charge in [0.25, 0.3) is 0 Å². The van der Waals surface area contributed by atoms with Gasteiger partial charge in [0.15, 0.2) is 0 Å². The molecule has 2 amide bonds. The number of carbonyl (C=O) groups excluding carboxylic acids is 2. The molecule has 2 heterocycles. The number of rotatable bonds is 6.